The van der Waals surface area contributed by atoms with Crippen LogP contribution in [-0.2, 0) is 0 Å². The van der Waals surface area contributed by atoms with Gasteiger partial charge in [-0.3, -0.25) is 0 Å². The normalized spacial score (nSPS) is 24.2. The lowest BCUT2D eigenvalue weighted by molar-refractivity contribution is 0.114. The molecule has 0 heterocycles. The Bertz CT molecular complexity index is 428. The van der Waals surface area contributed by atoms with E-state index >= 15 is 0 Å². The molecule has 112 valence electrons. The molecule has 1 saturated carbocycles. The Morgan fingerprint density at radius 1 is 1.35 bits per heavy atom. The molecule has 3 unspecified atom stereocenters. The van der Waals surface area contributed by atoms with E-state index in [1.807, 2.05) is 18.2 Å². The molecule has 3 atom stereocenters. The van der Waals surface area contributed by atoms with E-state index in [9.17, 15) is 5.11 Å². The Balaban J connectivity index is 2.14. The summed E-state index contributed by atoms with van der Waals surface area (Å²) in [5.74, 6) is 2.31. The highest BCUT2D eigenvalue weighted by Gasteiger charge is 2.23. The van der Waals surface area contributed by atoms with E-state index in [-0.39, 0.29) is 6.10 Å². The van der Waals surface area contributed by atoms with Crippen LogP contribution < -0.4 is 9.47 Å². The summed E-state index contributed by atoms with van der Waals surface area (Å²) in [5, 5.41) is 9.87. The Morgan fingerprint density at radius 2 is 2.15 bits per heavy atom. The van der Waals surface area contributed by atoms with E-state index in [1.165, 1.54) is 19.3 Å². The smallest absolute Gasteiger partial charge is 0.129 e. The van der Waals surface area contributed by atoms with E-state index in [4.69, 9.17) is 9.47 Å². The summed E-state index contributed by atoms with van der Waals surface area (Å²) in [7, 11) is 1.65. The second kappa shape index (κ2) is 6.98. The first-order valence-corrected chi connectivity index (χ1v) is 7.66. The van der Waals surface area contributed by atoms with Crippen LogP contribution in [0.15, 0.2) is 18.2 Å². The molecule has 3 heteroatoms. The molecular formula is C17H26O3. The summed E-state index contributed by atoms with van der Waals surface area (Å²) in [6.45, 7) is 4.02. The van der Waals surface area contributed by atoms with Gasteiger partial charge in [0.2, 0.25) is 0 Å². The van der Waals surface area contributed by atoms with Crippen molar-refractivity contribution in [3.05, 3.63) is 23.8 Å². The lowest BCUT2D eigenvalue weighted by Crippen LogP contribution is -2.25. The van der Waals surface area contributed by atoms with Crippen molar-refractivity contribution in [3.8, 4) is 11.5 Å². The zero-order chi connectivity index (χ0) is 14.5. The molecule has 1 aromatic carbocycles. The molecule has 3 nitrogen and oxygen atoms in total. The molecular weight excluding hydrogens is 252 g/mol. The zero-order valence-corrected chi connectivity index (χ0v) is 12.8. The highest BCUT2D eigenvalue weighted by Crippen LogP contribution is 2.34. The number of ether oxygens (including phenoxy) is 2. The predicted octanol–water partition coefficient (Wildman–Crippen LogP) is 4.10. The minimum Gasteiger partial charge on any atom is -0.497 e. The average molecular weight is 278 g/mol. The van der Waals surface area contributed by atoms with Gasteiger partial charge in [-0.1, -0.05) is 19.8 Å². The van der Waals surface area contributed by atoms with Crippen LogP contribution in [0.2, 0.25) is 0 Å². The second-order valence-corrected chi connectivity index (χ2v) is 5.76. The Kier molecular flexibility index (Phi) is 5.30. The Labute approximate surface area is 121 Å². The van der Waals surface area contributed by atoms with Crippen LogP contribution in [0.5, 0.6) is 11.5 Å². The van der Waals surface area contributed by atoms with Crippen LogP contribution in [-0.4, -0.2) is 18.3 Å². The van der Waals surface area contributed by atoms with E-state index in [2.05, 4.69) is 6.92 Å². The Morgan fingerprint density at radius 3 is 2.80 bits per heavy atom. The highest BCUT2D eigenvalue weighted by atomic mass is 16.5. The fourth-order valence-electron chi connectivity index (χ4n) is 2.99. The molecule has 0 radical (unpaired) electrons. The number of methoxy groups -OCH3 is 1. The summed E-state index contributed by atoms with van der Waals surface area (Å²) in [5.41, 5.74) is 0.837. The van der Waals surface area contributed by atoms with Gasteiger partial charge in [0.05, 0.1) is 19.3 Å². The monoisotopic (exact) mass is 278 g/mol. The fourth-order valence-corrected chi connectivity index (χ4v) is 2.99. The van der Waals surface area contributed by atoms with Crippen molar-refractivity contribution >= 4 is 0 Å². The number of hydrogen-bond donors (Lipinski definition) is 1. The van der Waals surface area contributed by atoms with Crippen LogP contribution in [0.3, 0.4) is 0 Å². The molecule has 1 N–H and O–H groups in total. The first-order valence-electron chi connectivity index (χ1n) is 7.66. The number of aliphatic hydroxyl groups is 1. The van der Waals surface area contributed by atoms with Crippen molar-refractivity contribution < 1.29 is 14.6 Å². The van der Waals surface area contributed by atoms with Crippen LogP contribution in [0.25, 0.3) is 0 Å². The maximum absolute atomic E-state index is 9.87. The number of hydrogen-bond acceptors (Lipinski definition) is 3. The summed E-state index contributed by atoms with van der Waals surface area (Å²) in [6.07, 6.45) is 5.73. The zero-order valence-electron chi connectivity index (χ0n) is 12.8. The van der Waals surface area contributed by atoms with E-state index in [0.29, 0.717) is 0 Å². The number of rotatable bonds is 5. The molecule has 1 aliphatic carbocycles. The molecule has 1 fully saturated rings. The van der Waals surface area contributed by atoms with Crippen molar-refractivity contribution in [3.63, 3.8) is 0 Å². The van der Waals surface area contributed by atoms with Gasteiger partial charge >= 0.3 is 0 Å². The molecule has 0 spiro atoms. The third-order valence-corrected chi connectivity index (χ3v) is 4.28. The van der Waals surface area contributed by atoms with Crippen molar-refractivity contribution in [2.75, 3.05) is 7.11 Å². The predicted molar refractivity (Wildman–Crippen MR) is 80.3 cm³/mol. The first kappa shape index (κ1) is 15.2. The second-order valence-electron chi connectivity index (χ2n) is 5.76. The standard InChI is InChI=1S/C17H26O3/c1-4-13-6-5-7-15(10-13)20-17-11-14(19-3)8-9-16(17)12(2)18/h8-9,11-13,15,18H,4-7,10H2,1-3H3. The number of benzene rings is 1. The maximum Gasteiger partial charge on any atom is 0.129 e. The van der Waals surface area contributed by atoms with Crippen LogP contribution in [0.1, 0.15) is 57.6 Å². The minimum absolute atomic E-state index is 0.262. The maximum atomic E-state index is 9.87. The van der Waals surface area contributed by atoms with Gasteiger partial charge in [0, 0.05) is 11.6 Å². The quantitative estimate of drug-likeness (QED) is 0.881. The topological polar surface area (TPSA) is 38.7 Å². The lowest BCUT2D eigenvalue weighted by Gasteiger charge is -2.30. The van der Waals surface area contributed by atoms with Gasteiger partial charge in [-0.05, 0) is 44.2 Å². The van der Waals surface area contributed by atoms with Crippen molar-refractivity contribution in [2.45, 2.75) is 58.2 Å². The molecule has 2 rings (SSSR count). The molecule has 1 aromatic rings. The van der Waals surface area contributed by atoms with Crippen molar-refractivity contribution in [1.29, 1.82) is 0 Å². The van der Waals surface area contributed by atoms with Crippen molar-refractivity contribution in [1.82, 2.24) is 0 Å². The molecule has 0 aliphatic heterocycles. The van der Waals surface area contributed by atoms with Gasteiger partial charge < -0.3 is 14.6 Å². The van der Waals surface area contributed by atoms with Crippen LogP contribution in [0.4, 0.5) is 0 Å². The van der Waals surface area contributed by atoms with E-state index < -0.39 is 6.10 Å². The highest BCUT2D eigenvalue weighted by molar-refractivity contribution is 5.42. The minimum atomic E-state index is -0.526. The lowest BCUT2D eigenvalue weighted by atomic mass is 9.85. The van der Waals surface area contributed by atoms with Crippen molar-refractivity contribution in [2.24, 2.45) is 5.92 Å². The summed E-state index contributed by atoms with van der Waals surface area (Å²) in [4.78, 5) is 0. The largest absolute Gasteiger partial charge is 0.497 e. The van der Waals surface area contributed by atoms with Crippen LogP contribution >= 0.6 is 0 Å². The van der Waals surface area contributed by atoms with Gasteiger partial charge in [0.1, 0.15) is 11.5 Å². The molecule has 20 heavy (non-hydrogen) atoms. The average Bonchev–Trinajstić information content (AvgIpc) is 2.47. The van der Waals surface area contributed by atoms with Gasteiger partial charge in [0.15, 0.2) is 0 Å². The van der Waals surface area contributed by atoms with Gasteiger partial charge in [-0.2, -0.15) is 0 Å². The third-order valence-electron chi connectivity index (χ3n) is 4.28. The summed E-state index contributed by atoms with van der Waals surface area (Å²) in [6, 6.07) is 5.64. The van der Waals surface area contributed by atoms with Crippen LogP contribution in [0, 0.1) is 5.92 Å². The first-order chi connectivity index (χ1) is 9.63. The fraction of sp³-hybridized carbons (Fsp3) is 0.647. The summed E-state index contributed by atoms with van der Waals surface area (Å²) < 4.78 is 11.4. The van der Waals surface area contributed by atoms with E-state index in [1.54, 1.807) is 14.0 Å². The third kappa shape index (κ3) is 3.66. The molecule has 0 amide bonds. The van der Waals surface area contributed by atoms with Gasteiger partial charge in [-0.25, -0.2) is 0 Å². The molecule has 0 saturated heterocycles. The summed E-state index contributed by atoms with van der Waals surface area (Å²) >= 11 is 0. The Hall–Kier alpha value is -1.22. The molecule has 0 aromatic heterocycles. The SMILES string of the molecule is CCC1CCCC(Oc2cc(OC)ccc2C(C)O)C1. The van der Waals surface area contributed by atoms with Gasteiger partial charge in [-0.15, -0.1) is 0 Å². The molecule has 0 bridgehead atoms. The molecule has 1 aliphatic rings. The van der Waals surface area contributed by atoms with Gasteiger partial charge in [0.25, 0.3) is 0 Å². The number of aliphatic hydroxyl groups excluding tert-OH is 1. The van der Waals surface area contributed by atoms with E-state index in [0.717, 1.165) is 35.8 Å².